The van der Waals surface area contributed by atoms with Gasteiger partial charge in [0.1, 0.15) is 17.3 Å². The third kappa shape index (κ3) is 1.93. The molecule has 2 aromatic carbocycles. The number of nitrogens with zero attached hydrogens (tertiary/aromatic N) is 2. The Morgan fingerprint density at radius 1 is 1.14 bits per heavy atom. The maximum atomic E-state index is 6.39. The zero-order valence-corrected chi connectivity index (χ0v) is 13.1. The highest BCUT2D eigenvalue weighted by molar-refractivity contribution is 6.30. The first kappa shape index (κ1) is 13.4. The highest BCUT2D eigenvalue weighted by Gasteiger charge is 2.23. The zero-order valence-electron chi connectivity index (χ0n) is 12.3. The van der Waals surface area contributed by atoms with Crippen LogP contribution in [-0.4, -0.2) is 9.55 Å². The van der Waals surface area contributed by atoms with Gasteiger partial charge in [0, 0.05) is 22.7 Å². The van der Waals surface area contributed by atoms with E-state index in [1.54, 1.807) is 0 Å². The van der Waals surface area contributed by atoms with E-state index >= 15 is 0 Å². The molecule has 0 saturated carbocycles. The van der Waals surface area contributed by atoms with E-state index in [0.717, 1.165) is 46.5 Å². The van der Waals surface area contributed by atoms with Gasteiger partial charge < -0.3 is 10.3 Å². The Bertz CT molecular complexity index is 880. The molecule has 2 heterocycles. The minimum Gasteiger partial charge on any atom is -0.383 e. The number of imidazole rings is 1. The summed E-state index contributed by atoms with van der Waals surface area (Å²) in [6, 6.07) is 14.2. The molecular weight excluding hydrogens is 294 g/mol. The quantitative estimate of drug-likeness (QED) is 0.727. The molecule has 0 bridgehead atoms. The van der Waals surface area contributed by atoms with Crippen molar-refractivity contribution < 1.29 is 0 Å². The number of nitrogen functional groups attached to an aromatic ring is 1. The minimum atomic E-state index is 0.741. The largest absolute Gasteiger partial charge is 0.383 e. The van der Waals surface area contributed by atoms with E-state index in [1.807, 2.05) is 30.3 Å². The molecule has 110 valence electrons. The molecule has 1 aliphatic heterocycles. The average Bonchev–Trinajstić information content (AvgIpc) is 2.85. The number of nitrogens with two attached hydrogens (primary N) is 1. The third-order valence-corrected chi connectivity index (χ3v) is 4.56. The van der Waals surface area contributed by atoms with Gasteiger partial charge in [-0.3, -0.25) is 0 Å². The van der Waals surface area contributed by atoms with Gasteiger partial charge in [-0.25, -0.2) is 4.98 Å². The SMILES string of the molecule is Cc1ccccc1-c1nc2n(c1N)CCc1cc(Cl)ccc1-2. The second-order valence-electron chi connectivity index (χ2n) is 5.69. The molecule has 3 nitrogen and oxygen atoms in total. The molecule has 22 heavy (non-hydrogen) atoms. The lowest BCUT2D eigenvalue weighted by atomic mass is 10.0. The lowest BCUT2D eigenvalue weighted by Crippen LogP contribution is -2.13. The number of aromatic nitrogens is 2. The summed E-state index contributed by atoms with van der Waals surface area (Å²) in [5, 5.41) is 0.769. The Morgan fingerprint density at radius 3 is 2.77 bits per heavy atom. The molecule has 0 radical (unpaired) electrons. The van der Waals surface area contributed by atoms with E-state index in [1.165, 1.54) is 11.1 Å². The first-order valence-corrected chi connectivity index (χ1v) is 7.74. The Morgan fingerprint density at radius 2 is 1.95 bits per heavy atom. The predicted octanol–water partition coefficient (Wildman–Crippen LogP) is 4.32. The van der Waals surface area contributed by atoms with Crippen molar-refractivity contribution in [3.8, 4) is 22.6 Å². The van der Waals surface area contributed by atoms with E-state index in [9.17, 15) is 0 Å². The van der Waals surface area contributed by atoms with Gasteiger partial charge in [-0.05, 0) is 42.7 Å². The molecule has 0 atom stereocenters. The van der Waals surface area contributed by atoms with Crippen LogP contribution in [0.5, 0.6) is 0 Å². The van der Waals surface area contributed by atoms with Gasteiger partial charge in [0.05, 0.1) is 0 Å². The molecule has 0 spiro atoms. The summed E-state index contributed by atoms with van der Waals surface area (Å²) in [7, 11) is 0. The summed E-state index contributed by atoms with van der Waals surface area (Å²) < 4.78 is 2.11. The first-order chi connectivity index (χ1) is 10.6. The summed E-state index contributed by atoms with van der Waals surface area (Å²) in [4.78, 5) is 4.85. The van der Waals surface area contributed by atoms with Crippen LogP contribution in [0.3, 0.4) is 0 Å². The smallest absolute Gasteiger partial charge is 0.142 e. The van der Waals surface area contributed by atoms with Crippen LogP contribution in [-0.2, 0) is 13.0 Å². The van der Waals surface area contributed by atoms with Crippen molar-refractivity contribution in [3.63, 3.8) is 0 Å². The fraction of sp³-hybridized carbons (Fsp3) is 0.167. The van der Waals surface area contributed by atoms with Gasteiger partial charge in [0.25, 0.3) is 0 Å². The van der Waals surface area contributed by atoms with Crippen LogP contribution in [0.1, 0.15) is 11.1 Å². The molecular formula is C18H16ClN3. The van der Waals surface area contributed by atoms with Crippen LogP contribution in [0.25, 0.3) is 22.6 Å². The number of hydrogen-bond donors (Lipinski definition) is 1. The summed E-state index contributed by atoms with van der Waals surface area (Å²) in [6.45, 7) is 2.92. The average molecular weight is 310 g/mol. The van der Waals surface area contributed by atoms with Gasteiger partial charge in [-0.15, -0.1) is 0 Å². The fourth-order valence-corrected chi connectivity index (χ4v) is 3.35. The molecule has 0 amide bonds. The fourth-order valence-electron chi connectivity index (χ4n) is 3.15. The van der Waals surface area contributed by atoms with Gasteiger partial charge in [-0.2, -0.15) is 0 Å². The lowest BCUT2D eigenvalue weighted by molar-refractivity contribution is 0.691. The number of halogens is 1. The maximum absolute atomic E-state index is 6.39. The van der Waals surface area contributed by atoms with E-state index in [4.69, 9.17) is 22.3 Å². The molecule has 1 aromatic heterocycles. The van der Waals surface area contributed by atoms with Crippen LogP contribution in [0, 0.1) is 6.92 Å². The van der Waals surface area contributed by atoms with Crippen LogP contribution in [0.2, 0.25) is 5.02 Å². The van der Waals surface area contributed by atoms with Crippen LogP contribution >= 0.6 is 11.6 Å². The molecule has 0 unspecified atom stereocenters. The highest BCUT2D eigenvalue weighted by atomic mass is 35.5. The molecule has 4 rings (SSSR count). The van der Waals surface area contributed by atoms with Crippen molar-refractivity contribution in [1.29, 1.82) is 0 Å². The van der Waals surface area contributed by atoms with Crippen molar-refractivity contribution in [2.45, 2.75) is 19.9 Å². The Hall–Kier alpha value is -2.26. The molecule has 0 fully saturated rings. The topological polar surface area (TPSA) is 43.8 Å². The third-order valence-electron chi connectivity index (χ3n) is 4.32. The summed E-state index contributed by atoms with van der Waals surface area (Å²) in [5.41, 5.74) is 11.9. The molecule has 3 aromatic rings. The normalized spacial score (nSPS) is 12.8. The van der Waals surface area contributed by atoms with Gasteiger partial charge in [0.2, 0.25) is 0 Å². The standard InChI is InChI=1S/C18H16ClN3/c1-11-4-2-3-5-14(11)16-17(20)22-9-8-12-10-13(19)6-7-15(12)18(22)21-16/h2-7,10H,8-9,20H2,1H3. The van der Waals surface area contributed by atoms with Crippen molar-refractivity contribution in [2.24, 2.45) is 0 Å². The van der Waals surface area contributed by atoms with Crippen LogP contribution < -0.4 is 5.73 Å². The first-order valence-electron chi connectivity index (χ1n) is 7.36. The molecule has 0 saturated heterocycles. The Labute approximate surface area is 134 Å². The van der Waals surface area contributed by atoms with E-state index in [-0.39, 0.29) is 0 Å². The van der Waals surface area contributed by atoms with Crippen molar-refractivity contribution in [2.75, 3.05) is 5.73 Å². The van der Waals surface area contributed by atoms with Crippen molar-refractivity contribution in [3.05, 3.63) is 58.6 Å². The molecule has 0 aliphatic carbocycles. The van der Waals surface area contributed by atoms with Gasteiger partial charge >= 0.3 is 0 Å². The van der Waals surface area contributed by atoms with Gasteiger partial charge in [-0.1, -0.05) is 35.9 Å². The second kappa shape index (κ2) is 4.89. The predicted molar refractivity (Wildman–Crippen MR) is 91.0 cm³/mol. The molecule has 2 N–H and O–H groups in total. The van der Waals surface area contributed by atoms with E-state index in [0.29, 0.717) is 0 Å². The van der Waals surface area contributed by atoms with E-state index in [2.05, 4.69) is 23.6 Å². The van der Waals surface area contributed by atoms with Gasteiger partial charge in [0.15, 0.2) is 0 Å². The molecule has 4 heteroatoms. The lowest BCUT2D eigenvalue weighted by Gasteiger charge is -2.18. The maximum Gasteiger partial charge on any atom is 0.142 e. The molecule has 1 aliphatic rings. The minimum absolute atomic E-state index is 0.741. The number of benzene rings is 2. The van der Waals surface area contributed by atoms with E-state index < -0.39 is 0 Å². The number of hydrogen-bond acceptors (Lipinski definition) is 2. The Kier molecular flexibility index (Phi) is 2.98. The number of anilines is 1. The van der Waals surface area contributed by atoms with Crippen molar-refractivity contribution >= 4 is 17.4 Å². The highest BCUT2D eigenvalue weighted by Crippen LogP contribution is 2.37. The summed E-state index contributed by atoms with van der Waals surface area (Å²) >= 11 is 6.10. The summed E-state index contributed by atoms with van der Waals surface area (Å²) in [6.07, 6.45) is 0.927. The summed E-state index contributed by atoms with van der Waals surface area (Å²) in [5.74, 6) is 1.68. The number of fused-ring (bicyclic) bond motifs is 3. The van der Waals surface area contributed by atoms with Crippen LogP contribution in [0.15, 0.2) is 42.5 Å². The van der Waals surface area contributed by atoms with Crippen molar-refractivity contribution in [1.82, 2.24) is 9.55 Å². The van der Waals surface area contributed by atoms with Crippen LogP contribution in [0.4, 0.5) is 5.82 Å². The second-order valence-corrected chi connectivity index (χ2v) is 6.12. The Balaban J connectivity index is 1.94. The number of rotatable bonds is 1. The monoisotopic (exact) mass is 309 g/mol. The zero-order chi connectivity index (χ0) is 15.3. The number of aryl methyl sites for hydroxylation is 2.